The van der Waals surface area contributed by atoms with E-state index in [-0.39, 0.29) is 6.10 Å². The van der Waals surface area contributed by atoms with Crippen molar-refractivity contribution in [1.29, 1.82) is 0 Å². The van der Waals surface area contributed by atoms with Crippen LogP contribution in [0.5, 0.6) is 5.88 Å². The second-order valence-electron chi connectivity index (χ2n) is 3.85. The largest absolute Gasteiger partial charge is 0.469 e. The maximum absolute atomic E-state index is 5.72. The zero-order valence-corrected chi connectivity index (χ0v) is 9.12. The van der Waals surface area contributed by atoms with Crippen LogP contribution in [0, 0.1) is 13.8 Å². The van der Waals surface area contributed by atoms with Crippen LogP contribution in [0.4, 0.5) is 0 Å². The Balaban J connectivity index is 2.25. The lowest BCUT2D eigenvalue weighted by atomic mass is 10.1. The number of rotatable bonds is 3. The summed E-state index contributed by atoms with van der Waals surface area (Å²) in [4.78, 5) is 4.37. The van der Waals surface area contributed by atoms with Crippen molar-refractivity contribution in [3.05, 3.63) is 22.9 Å². The Kier molecular flexibility index (Phi) is 2.88. The van der Waals surface area contributed by atoms with Gasteiger partial charge in [-0.15, -0.1) is 0 Å². The molecule has 0 spiro atoms. The van der Waals surface area contributed by atoms with E-state index in [4.69, 9.17) is 15.2 Å². The van der Waals surface area contributed by atoms with Crippen molar-refractivity contribution < 1.29 is 9.47 Å². The molecule has 4 heteroatoms. The molecule has 0 aliphatic carbocycles. The summed E-state index contributed by atoms with van der Waals surface area (Å²) in [5.74, 6) is 0.670. The second kappa shape index (κ2) is 4.16. The molecule has 2 N–H and O–H groups in total. The molecule has 2 rings (SSSR count). The molecular formula is C11H16N2O2. The Morgan fingerprint density at radius 1 is 1.53 bits per heavy atom. The van der Waals surface area contributed by atoms with Crippen molar-refractivity contribution in [2.75, 3.05) is 13.2 Å². The molecule has 1 fully saturated rings. The van der Waals surface area contributed by atoms with E-state index >= 15 is 0 Å². The SMILES string of the molecule is Cc1cc(C)c(CN)c(OC2COC2)n1. The molecule has 0 radical (unpaired) electrons. The standard InChI is InChI=1S/C11H16N2O2/c1-7-3-8(2)13-11(10(7)4-12)15-9-5-14-6-9/h3,9H,4-6,12H2,1-2H3. The number of aryl methyl sites for hydroxylation is 2. The van der Waals surface area contributed by atoms with Crippen molar-refractivity contribution in [3.63, 3.8) is 0 Å². The van der Waals surface area contributed by atoms with E-state index in [2.05, 4.69) is 4.98 Å². The fraction of sp³-hybridized carbons (Fsp3) is 0.545. The molecule has 1 aliphatic heterocycles. The topological polar surface area (TPSA) is 57.4 Å². The minimum atomic E-state index is 0.143. The minimum Gasteiger partial charge on any atom is -0.469 e. The van der Waals surface area contributed by atoms with Gasteiger partial charge in [-0.2, -0.15) is 0 Å². The molecule has 0 atom stereocenters. The number of aromatic nitrogens is 1. The highest BCUT2D eigenvalue weighted by atomic mass is 16.6. The molecule has 1 aromatic rings. The Morgan fingerprint density at radius 3 is 2.80 bits per heavy atom. The zero-order valence-electron chi connectivity index (χ0n) is 9.12. The van der Waals surface area contributed by atoms with Gasteiger partial charge in [0.1, 0.15) is 6.10 Å². The molecule has 0 bridgehead atoms. The van der Waals surface area contributed by atoms with E-state index in [0.29, 0.717) is 25.6 Å². The summed E-state index contributed by atoms with van der Waals surface area (Å²) in [6.07, 6.45) is 0.143. The third-order valence-electron chi connectivity index (χ3n) is 2.53. The number of ether oxygens (including phenoxy) is 2. The zero-order chi connectivity index (χ0) is 10.8. The van der Waals surface area contributed by atoms with E-state index in [1.807, 2.05) is 19.9 Å². The fourth-order valence-electron chi connectivity index (χ4n) is 1.61. The van der Waals surface area contributed by atoms with Crippen LogP contribution in [0.2, 0.25) is 0 Å². The molecule has 1 aromatic heterocycles. The highest BCUT2D eigenvalue weighted by molar-refractivity contribution is 5.35. The van der Waals surface area contributed by atoms with Crippen LogP contribution in [-0.2, 0) is 11.3 Å². The summed E-state index contributed by atoms with van der Waals surface area (Å²) >= 11 is 0. The number of hydrogen-bond donors (Lipinski definition) is 1. The maximum atomic E-state index is 5.72. The van der Waals surface area contributed by atoms with Crippen LogP contribution in [0.15, 0.2) is 6.07 Å². The van der Waals surface area contributed by atoms with E-state index in [1.54, 1.807) is 0 Å². The first kappa shape index (κ1) is 10.4. The molecule has 1 saturated heterocycles. The van der Waals surface area contributed by atoms with Gasteiger partial charge in [0.05, 0.1) is 13.2 Å². The van der Waals surface area contributed by atoms with Crippen LogP contribution >= 0.6 is 0 Å². The number of hydrogen-bond acceptors (Lipinski definition) is 4. The summed E-state index contributed by atoms with van der Waals surface area (Å²) in [5, 5.41) is 0. The fourth-order valence-corrected chi connectivity index (χ4v) is 1.61. The quantitative estimate of drug-likeness (QED) is 0.803. The maximum Gasteiger partial charge on any atom is 0.218 e. The molecule has 1 aliphatic rings. The molecule has 15 heavy (non-hydrogen) atoms. The normalized spacial score (nSPS) is 16.2. The van der Waals surface area contributed by atoms with E-state index in [0.717, 1.165) is 16.8 Å². The summed E-state index contributed by atoms with van der Waals surface area (Å²) in [6, 6.07) is 2.02. The Morgan fingerprint density at radius 2 is 2.27 bits per heavy atom. The van der Waals surface area contributed by atoms with Gasteiger partial charge in [0.25, 0.3) is 0 Å². The van der Waals surface area contributed by atoms with Crippen molar-refractivity contribution in [1.82, 2.24) is 4.98 Å². The number of nitrogens with zero attached hydrogens (tertiary/aromatic N) is 1. The van der Waals surface area contributed by atoms with Gasteiger partial charge in [0, 0.05) is 17.8 Å². The van der Waals surface area contributed by atoms with E-state index in [1.165, 1.54) is 0 Å². The van der Waals surface area contributed by atoms with Crippen LogP contribution in [-0.4, -0.2) is 24.3 Å². The van der Waals surface area contributed by atoms with Crippen LogP contribution in [0.3, 0.4) is 0 Å². The minimum absolute atomic E-state index is 0.143. The summed E-state index contributed by atoms with van der Waals surface area (Å²) in [6.45, 7) is 5.75. The first-order chi connectivity index (χ1) is 7.20. The van der Waals surface area contributed by atoms with Gasteiger partial charge >= 0.3 is 0 Å². The molecule has 2 heterocycles. The average Bonchev–Trinajstić information content (AvgIpc) is 2.10. The van der Waals surface area contributed by atoms with Gasteiger partial charge in [-0.3, -0.25) is 0 Å². The highest BCUT2D eigenvalue weighted by Gasteiger charge is 2.22. The lowest BCUT2D eigenvalue weighted by Crippen LogP contribution is -2.39. The van der Waals surface area contributed by atoms with Crippen LogP contribution < -0.4 is 10.5 Å². The number of nitrogens with two attached hydrogens (primary N) is 1. The van der Waals surface area contributed by atoms with Crippen molar-refractivity contribution in [3.8, 4) is 5.88 Å². The summed E-state index contributed by atoms with van der Waals surface area (Å²) < 4.78 is 10.8. The Labute approximate surface area is 89.4 Å². The van der Waals surface area contributed by atoms with Gasteiger partial charge in [-0.25, -0.2) is 4.98 Å². The third-order valence-corrected chi connectivity index (χ3v) is 2.53. The Bertz CT molecular complexity index is 362. The molecule has 4 nitrogen and oxygen atoms in total. The lowest BCUT2D eigenvalue weighted by Gasteiger charge is -2.27. The molecule has 0 aromatic carbocycles. The molecule has 82 valence electrons. The second-order valence-corrected chi connectivity index (χ2v) is 3.85. The Hall–Kier alpha value is -1.13. The molecular weight excluding hydrogens is 192 g/mol. The smallest absolute Gasteiger partial charge is 0.218 e. The number of pyridine rings is 1. The van der Waals surface area contributed by atoms with Gasteiger partial charge in [0.2, 0.25) is 5.88 Å². The third kappa shape index (κ3) is 2.11. The summed E-state index contributed by atoms with van der Waals surface area (Å²) in [7, 11) is 0. The highest BCUT2D eigenvalue weighted by Crippen LogP contribution is 2.22. The van der Waals surface area contributed by atoms with Crippen LogP contribution in [0.1, 0.15) is 16.8 Å². The lowest BCUT2D eigenvalue weighted by molar-refractivity contribution is -0.0817. The summed E-state index contributed by atoms with van der Waals surface area (Å²) in [5.41, 5.74) is 8.78. The van der Waals surface area contributed by atoms with E-state index < -0.39 is 0 Å². The van der Waals surface area contributed by atoms with Crippen molar-refractivity contribution >= 4 is 0 Å². The van der Waals surface area contributed by atoms with Crippen molar-refractivity contribution in [2.24, 2.45) is 5.73 Å². The predicted octanol–water partition coefficient (Wildman–Crippen LogP) is 0.935. The first-order valence-corrected chi connectivity index (χ1v) is 5.12. The van der Waals surface area contributed by atoms with Gasteiger partial charge < -0.3 is 15.2 Å². The van der Waals surface area contributed by atoms with Gasteiger partial charge in [0.15, 0.2) is 0 Å². The van der Waals surface area contributed by atoms with Gasteiger partial charge in [-0.05, 0) is 25.5 Å². The monoisotopic (exact) mass is 208 g/mol. The molecule has 0 unspecified atom stereocenters. The van der Waals surface area contributed by atoms with E-state index in [9.17, 15) is 0 Å². The average molecular weight is 208 g/mol. The van der Waals surface area contributed by atoms with Crippen LogP contribution in [0.25, 0.3) is 0 Å². The van der Waals surface area contributed by atoms with Gasteiger partial charge in [-0.1, -0.05) is 0 Å². The molecule has 0 saturated carbocycles. The first-order valence-electron chi connectivity index (χ1n) is 5.12. The van der Waals surface area contributed by atoms with Crippen molar-refractivity contribution in [2.45, 2.75) is 26.5 Å². The molecule has 0 amide bonds. The predicted molar refractivity (Wildman–Crippen MR) is 56.8 cm³/mol.